The minimum atomic E-state index is 0.00835. The number of nitrogens with zero attached hydrogens (tertiary/aromatic N) is 1. The summed E-state index contributed by atoms with van der Waals surface area (Å²) in [6.45, 7) is 3.21. The third-order valence-corrected chi connectivity index (χ3v) is 2.62. The van der Waals surface area contributed by atoms with Gasteiger partial charge in [-0.3, -0.25) is 4.79 Å². The largest absolute Gasteiger partial charge is 0.445 e. The van der Waals surface area contributed by atoms with Gasteiger partial charge in [-0.15, -0.1) is 0 Å². The molecule has 2 rings (SSSR count). The number of amides is 1. The molecular weight excluding hydrogens is 228 g/mol. The lowest BCUT2D eigenvalue weighted by atomic mass is 10.3. The number of halogens is 1. The van der Waals surface area contributed by atoms with E-state index in [2.05, 4.69) is 5.32 Å². The van der Waals surface area contributed by atoms with Crippen molar-refractivity contribution >= 4 is 23.6 Å². The van der Waals surface area contributed by atoms with Crippen molar-refractivity contribution in [3.63, 3.8) is 0 Å². The summed E-state index contributed by atoms with van der Waals surface area (Å²) < 4.78 is 5.12. The average Bonchev–Trinajstić information content (AvgIpc) is 2.73. The van der Waals surface area contributed by atoms with E-state index in [-0.39, 0.29) is 5.91 Å². The van der Waals surface area contributed by atoms with Crippen LogP contribution in [0.5, 0.6) is 0 Å². The Labute approximate surface area is 98.9 Å². The number of rotatable bonds is 2. The van der Waals surface area contributed by atoms with Gasteiger partial charge in [0, 0.05) is 32.3 Å². The van der Waals surface area contributed by atoms with Gasteiger partial charge < -0.3 is 14.6 Å². The van der Waals surface area contributed by atoms with E-state index in [4.69, 9.17) is 16.0 Å². The van der Waals surface area contributed by atoms with Gasteiger partial charge in [-0.2, -0.15) is 0 Å². The second kappa shape index (κ2) is 5.18. The van der Waals surface area contributed by atoms with Crippen LogP contribution in [-0.2, 0) is 4.79 Å². The van der Waals surface area contributed by atoms with Gasteiger partial charge in [0.05, 0.1) is 0 Å². The molecule has 0 radical (unpaired) electrons. The van der Waals surface area contributed by atoms with Gasteiger partial charge >= 0.3 is 0 Å². The Balaban J connectivity index is 1.93. The Morgan fingerprint density at radius 1 is 1.44 bits per heavy atom. The lowest BCUT2D eigenvalue weighted by molar-refractivity contribution is -0.126. The molecule has 0 bridgehead atoms. The van der Waals surface area contributed by atoms with Crippen molar-refractivity contribution in [1.29, 1.82) is 0 Å². The molecule has 1 fully saturated rings. The summed E-state index contributed by atoms with van der Waals surface area (Å²) in [5, 5.41) is 3.52. The fourth-order valence-electron chi connectivity index (χ4n) is 1.56. The second-order valence-corrected chi connectivity index (χ2v) is 3.92. The van der Waals surface area contributed by atoms with Crippen LogP contribution in [0.3, 0.4) is 0 Å². The zero-order valence-electron chi connectivity index (χ0n) is 8.78. The van der Waals surface area contributed by atoms with E-state index < -0.39 is 0 Å². The van der Waals surface area contributed by atoms with Crippen LogP contribution < -0.4 is 5.32 Å². The first-order chi connectivity index (χ1) is 7.75. The number of piperazine rings is 1. The molecule has 4 nitrogen and oxygen atoms in total. The minimum Gasteiger partial charge on any atom is -0.445 e. The summed E-state index contributed by atoms with van der Waals surface area (Å²) in [6, 6.07) is 3.38. The van der Waals surface area contributed by atoms with E-state index in [9.17, 15) is 4.79 Å². The Kier molecular flexibility index (Phi) is 3.64. The van der Waals surface area contributed by atoms with Gasteiger partial charge in [0.15, 0.2) is 5.22 Å². The molecule has 0 atom stereocenters. The van der Waals surface area contributed by atoms with Crippen LogP contribution in [0.25, 0.3) is 6.08 Å². The van der Waals surface area contributed by atoms with Gasteiger partial charge in [-0.25, -0.2) is 0 Å². The van der Waals surface area contributed by atoms with Crippen molar-refractivity contribution in [3.8, 4) is 0 Å². The first kappa shape index (κ1) is 11.2. The Hall–Kier alpha value is -1.26. The van der Waals surface area contributed by atoms with Crippen LogP contribution in [0.2, 0.25) is 5.22 Å². The summed E-state index contributed by atoms with van der Waals surface area (Å²) in [5.41, 5.74) is 0. The fraction of sp³-hybridized carbons (Fsp3) is 0.364. The summed E-state index contributed by atoms with van der Waals surface area (Å²) in [6.07, 6.45) is 3.15. The molecule has 1 aromatic heterocycles. The van der Waals surface area contributed by atoms with Crippen molar-refractivity contribution in [2.75, 3.05) is 26.2 Å². The van der Waals surface area contributed by atoms with Crippen LogP contribution in [0.1, 0.15) is 5.76 Å². The van der Waals surface area contributed by atoms with Crippen LogP contribution in [-0.4, -0.2) is 37.0 Å². The highest BCUT2D eigenvalue weighted by atomic mass is 35.5. The van der Waals surface area contributed by atoms with Gasteiger partial charge in [-0.1, -0.05) is 0 Å². The molecule has 1 aliphatic rings. The van der Waals surface area contributed by atoms with Gasteiger partial charge in [0.25, 0.3) is 0 Å². The lowest BCUT2D eigenvalue weighted by Crippen LogP contribution is -2.45. The molecule has 1 aliphatic heterocycles. The number of hydrogen-bond donors (Lipinski definition) is 1. The predicted octanol–water partition coefficient (Wildman–Crippen LogP) is 1.38. The third kappa shape index (κ3) is 2.87. The zero-order chi connectivity index (χ0) is 11.4. The highest BCUT2D eigenvalue weighted by Gasteiger charge is 2.13. The molecule has 0 spiro atoms. The molecule has 2 heterocycles. The Morgan fingerprint density at radius 2 is 2.19 bits per heavy atom. The van der Waals surface area contributed by atoms with Crippen LogP contribution in [0.4, 0.5) is 0 Å². The fourth-order valence-corrected chi connectivity index (χ4v) is 1.71. The van der Waals surface area contributed by atoms with E-state index in [1.54, 1.807) is 23.1 Å². The minimum absolute atomic E-state index is 0.00835. The molecule has 0 aromatic carbocycles. The van der Waals surface area contributed by atoms with Gasteiger partial charge in [-0.05, 0) is 29.8 Å². The normalized spacial score (nSPS) is 16.9. The van der Waals surface area contributed by atoms with Crippen molar-refractivity contribution in [2.24, 2.45) is 0 Å². The monoisotopic (exact) mass is 240 g/mol. The molecule has 1 amide bonds. The maximum absolute atomic E-state index is 11.7. The van der Waals surface area contributed by atoms with E-state index in [1.165, 1.54) is 6.08 Å². The first-order valence-electron chi connectivity index (χ1n) is 5.19. The second-order valence-electron chi connectivity index (χ2n) is 3.55. The van der Waals surface area contributed by atoms with Crippen LogP contribution >= 0.6 is 11.6 Å². The summed E-state index contributed by atoms with van der Waals surface area (Å²) in [7, 11) is 0. The van der Waals surface area contributed by atoms with Crippen molar-refractivity contribution in [1.82, 2.24) is 10.2 Å². The topological polar surface area (TPSA) is 45.5 Å². The molecule has 0 aliphatic carbocycles. The van der Waals surface area contributed by atoms with E-state index in [0.29, 0.717) is 11.0 Å². The lowest BCUT2D eigenvalue weighted by Gasteiger charge is -2.26. The molecule has 16 heavy (non-hydrogen) atoms. The van der Waals surface area contributed by atoms with Crippen molar-refractivity contribution in [3.05, 3.63) is 29.2 Å². The highest BCUT2D eigenvalue weighted by Crippen LogP contribution is 2.14. The molecule has 1 saturated heterocycles. The number of carbonyl (C=O) groups excluding carboxylic acids is 1. The number of carbonyl (C=O) groups is 1. The van der Waals surface area contributed by atoms with Crippen LogP contribution in [0, 0.1) is 0 Å². The standard InChI is InChI=1S/C11H13ClN2O2/c12-10-3-1-9(16-10)2-4-11(15)14-7-5-13-6-8-14/h1-4,13H,5-8H2. The third-order valence-electron chi connectivity index (χ3n) is 2.41. The van der Waals surface area contributed by atoms with E-state index in [0.717, 1.165) is 26.2 Å². The smallest absolute Gasteiger partial charge is 0.246 e. The Bertz CT molecular complexity index is 394. The summed E-state index contributed by atoms with van der Waals surface area (Å²) >= 11 is 5.62. The zero-order valence-corrected chi connectivity index (χ0v) is 9.54. The van der Waals surface area contributed by atoms with Gasteiger partial charge in [0.2, 0.25) is 5.91 Å². The molecular formula is C11H13ClN2O2. The van der Waals surface area contributed by atoms with Crippen molar-refractivity contribution in [2.45, 2.75) is 0 Å². The molecule has 1 aromatic rings. The molecule has 86 valence electrons. The SMILES string of the molecule is O=C(C=Cc1ccc(Cl)o1)N1CCNCC1. The molecule has 1 N–H and O–H groups in total. The Morgan fingerprint density at radius 3 is 2.81 bits per heavy atom. The summed E-state index contributed by atoms with van der Waals surface area (Å²) in [5.74, 6) is 0.600. The van der Waals surface area contributed by atoms with E-state index in [1.807, 2.05) is 0 Å². The maximum Gasteiger partial charge on any atom is 0.246 e. The predicted molar refractivity (Wildman–Crippen MR) is 62.2 cm³/mol. The number of hydrogen-bond acceptors (Lipinski definition) is 3. The molecule has 5 heteroatoms. The number of furan rings is 1. The maximum atomic E-state index is 11.7. The molecule has 0 saturated carbocycles. The highest BCUT2D eigenvalue weighted by molar-refractivity contribution is 6.28. The first-order valence-corrected chi connectivity index (χ1v) is 5.56. The van der Waals surface area contributed by atoms with Crippen molar-refractivity contribution < 1.29 is 9.21 Å². The quantitative estimate of drug-likeness (QED) is 0.795. The number of nitrogens with one attached hydrogen (secondary N) is 1. The van der Waals surface area contributed by atoms with Crippen LogP contribution in [0.15, 0.2) is 22.6 Å². The summed E-state index contributed by atoms with van der Waals surface area (Å²) in [4.78, 5) is 13.5. The van der Waals surface area contributed by atoms with Gasteiger partial charge in [0.1, 0.15) is 5.76 Å². The van der Waals surface area contributed by atoms with E-state index >= 15 is 0 Å². The molecule has 0 unspecified atom stereocenters. The average molecular weight is 241 g/mol.